The number of nitrogens with one attached hydrogen (secondary N) is 1. The van der Waals surface area contributed by atoms with Crippen LogP contribution in [0.2, 0.25) is 0 Å². The molecule has 0 aliphatic carbocycles. The smallest absolute Gasteiger partial charge is 0.322 e. The third kappa shape index (κ3) is 3.84. The molecule has 0 bridgehead atoms. The molecule has 0 saturated heterocycles. The molecular weight excluding hydrogens is 278 g/mol. The van der Waals surface area contributed by atoms with Gasteiger partial charge in [0.15, 0.2) is 5.82 Å². The van der Waals surface area contributed by atoms with E-state index in [1.165, 1.54) is 6.07 Å². The van der Waals surface area contributed by atoms with Crippen molar-refractivity contribution in [1.29, 1.82) is 0 Å². The Bertz CT molecular complexity index is 634. The number of rotatable bonds is 5. The molecule has 0 radical (unpaired) electrons. The van der Waals surface area contributed by atoms with Gasteiger partial charge < -0.3 is 10.1 Å². The van der Waals surface area contributed by atoms with E-state index in [2.05, 4.69) is 20.3 Å². The molecule has 0 saturated carbocycles. The van der Waals surface area contributed by atoms with E-state index in [1.54, 1.807) is 0 Å². The SMILES string of the molecule is CCNc1nc(OC(C)C)nc(-c2ccc(F)cc2F)n1. The summed E-state index contributed by atoms with van der Waals surface area (Å²) < 4.78 is 32.3. The zero-order valence-corrected chi connectivity index (χ0v) is 12.0. The molecule has 0 amide bonds. The lowest BCUT2D eigenvalue weighted by atomic mass is 10.2. The van der Waals surface area contributed by atoms with Gasteiger partial charge in [-0.15, -0.1) is 0 Å². The van der Waals surface area contributed by atoms with Crippen molar-refractivity contribution >= 4 is 5.95 Å². The van der Waals surface area contributed by atoms with Gasteiger partial charge in [0.05, 0.1) is 11.7 Å². The minimum Gasteiger partial charge on any atom is -0.461 e. The third-order valence-corrected chi connectivity index (χ3v) is 2.46. The molecule has 7 heteroatoms. The van der Waals surface area contributed by atoms with Crippen molar-refractivity contribution in [1.82, 2.24) is 15.0 Å². The van der Waals surface area contributed by atoms with Crippen LogP contribution in [0.3, 0.4) is 0 Å². The second-order valence-electron chi connectivity index (χ2n) is 4.59. The molecular formula is C14H16F2N4O. The first kappa shape index (κ1) is 15.1. The summed E-state index contributed by atoms with van der Waals surface area (Å²) in [6, 6.07) is 3.32. The fourth-order valence-electron chi connectivity index (χ4n) is 1.65. The molecule has 0 aliphatic rings. The molecule has 0 spiro atoms. The first-order valence-corrected chi connectivity index (χ1v) is 6.61. The maximum absolute atomic E-state index is 13.8. The summed E-state index contributed by atoms with van der Waals surface area (Å²) in [6.07, 6.45) is -0.132. The summed E-state index contributed by atoms with van der Waals surface area (Å²) >= 11 is 0. The number of hydrogen-bond donors (Lipinski definition) is 1. The topological polar surface area (TPSA) is 59.9 Å². The maximum Gasteiger partial charge on any atom is 0.322 e. The van der Waals surface area contributed by atoms with Crippen LogP contribution in [-0.2, 0) is 0 Å². The summed E-state index contributed by atoms with van der Waals surface area (Å²) in [5, 5.41) is 2.92. The summed E-state index contributed by atoms with van der Waals surface area (Å²) in [6.45, 7) is 6.13. The summed E-state index contributed by atoms with van der Waals surface area (Å²) in [5.74, 6) is -1.02. The molecule has 1 heterocycles. The monoisotopic (exact) mass is 294 g/mol. The van der Waals surface area contributed by atoms with Gasteiger partial charge in [-0.1, -0.05) is 0 Å². The van der Waals surface area contributed by atoms with Gasteiger partial charge in [0, 0.05) is 12.6 Å². The quantitative estimate of drug-likeness (QED) is 0.918. The van der Waals surface area contributed by atoms with Crippen LogP contribution in [0.4, 0.5) is 14.7 Å². The minimum absolute atomic E-state index is 0.0894. The van der Waals surface area contributed by atoms with Gasteiger partial charge in [0.25, 0.3) is 0 Å². The molecule has 0 unspecified atom stereocenters. The Kier molecular flexibility index (Phi) is 4.62. The summed E-state index contributed by atoms with van der Waals surface area (Å²) in [7, 11) is 0. The Balaban J connectivity index is 2.48. The number of benzene rings is 1. The second kappa shape index (κ2) is 6.43. The Morgan fingerprint density at radius 3 is 2.57 bits per heavy atom. The zero-order chi connectivity index (χ0) is 15.4. The average molecular weight is 294 g/mol. The van der Waals surface area contributed by atoms with Gasteiger partial charge in [-0.3, -0.25) is 0 Å². The second-order valence-corrected chi connectivity index (χ2v) is 4.59. The molecule has 0 fully saturated rings. The number of hydrogen-bond acceptors (Lipinski definition) is 5. The molecule has 2 rings (SSSR count). The van der Waals surface area contributed by atoms with E-state index in [1.807, 2.05) is 20.8 Å². The zero-order valence-electron chi connectivity index (χ0n) is 12.0. The van der Waals surface area contributed by atoms with Gasteiger partial charge >= 0.3 is 6.01 Å². The van der Waals surface area contributed by atoms with Crippen molar-refractivity contribution in [2.45, 2.75) is 26.9 Å². The highest BCUT2D eigenvalue weighted by Crippen LogP contribution is 2.22. The van der Waals surface area contributed by atoms with Crippen LogP contribution >= 0.6 is 0 Å². The van der Waals surface area contributed by atoms with Crippen LogP contribution in [0, 0.1) is 11.6 Å². The largest absolute Gasteiger partial charge is 0.461 e. The van der Waals surface area contributed by atoms with E-state index in [0.717, 1.165) is 12.1 Å². The average Bonchev–Trinajstić information content (AvgIpc) is 2.37. The van der Waals surface area contributed by atoms with Crippen LogP contribution in [0.1, 0.15) is 20.8 Å². The predicted octanol–water partition coefficient (Wildman–Crippen LogP) is 3.04. The Labute approximate surface area is 121 Å². The van der Waals surface area contributed by atoms with Gasteiger partial charge in [0.1, 0.15) is 11.6 Å². The number of aromatic nitrogens is 3. The van der Waals surface area contributed by atoms with Crippen LogP contribution in [0.25, 0.3) is 11.4 Å². The lowest BCUT2D eigenvalue weighted by Crippen LogP contribution is -2.12. The van der Waals surface area contributed by atoms with Crippen LogP contribution in [0.5, 0.6) is 6.01 Å². The van der Waals surface area contributed by atoms with E-state index in [4.69, 9.17) is 4.74 Å². The van der Waals surface area contributed by atoms with Gasteiger partial charge in [-0.05, 0) is 32.9 Å². The maximum atomic E-state index is 13.8. The Hall–Kier alpha value is -2.31. The number of ether oxygens (including phenoxy) is 1. The lowest BCUT2D eigenvalue weighted by molar-refractivity contribution is 0.222. The van der Waals surface area contributed by atoms with E-state index < -0.39 is 11.6 Å². The van der Waals surface area contributed by atoms with Crippen LogP contribution in [-0.4, -0.2) is 27.6 Å². The fourth-order valence-corrected chi connectivity index (χ4v) is 1.65. The van der Waals surface area contributed by atoms with Gasteiger partial charge in [-0.2, -0.15) is 15.0 Å². The molecule has 1 aromatic carbocycles. The number of nitrogens with zero attached hydrogens (tertiary/aromatic N) is 3. The van der Waals surface area contributed by atoms with Gasteiger partial charge in [0.2, 0.25) is 5.95 Å². The number of halogens is 2. The summed E-state index contributed by atoms with van der Waals surface area (Å²) in [4.78, 5) is 12.3. The highest BCUT2D eigenvalue weighted by Gasteiger charge is 2.14. The van der Waals surface area contributed by atoms with Crippen LogP contribution < -0.4 is 10.1 Å². The van der Waals surface area contributed by atoms with Crippen molar-refractivity contribution in [3.05, 3.63) is 29.8 Å². The lowest BCUT2D eigenvalue weighted by Gasteiger charge is -2.11. The molecule has 1 aromatic heterocycles. The normalized spacial score (nSPS) is 10.8. The molecule has 5 nitrogen and oxygen atoms in total. The van der Waals surface area contributed by atoms with E-state index in [0.29, 0.717) is 6.54 Å². The number of anilines is 1. The molecule has 2 aromatic rings. The van der Waals surface area contributed by atoms with Crippen molar-refractivity contribution in [2.75, 3.05) is 11.9 Å². The van der Waals surface area contributed by atoms with E-state index >= 15 is 0 Å². The van der Waals surface area contributed by atoms with Crippen LogP contribution in [0.15, 0.2) is 18.2 Å². The van der Waals surface area contributed by atoms with E-state index in [-0.39, 0.29) is 29.5 Å². The van der Waals surface area contributed by atoms with Gasteiger partial charge in [-0.25, -0.2) is 8.78 Å². The van der Waals surface area contributed by atoms with E-state index in [9.17, 15) is 8.78 Å². The fraction of sp³-hybridized carbons (Fsp3) is 0.357. The molecule has 0 aliphatic heterocycles. The first-order chi connectivity index (χ1) is 9.99. The third-order valence-electron chi connectivity index (χ3n) is 2.46. The molecule has 21 heavy (non-hydrogen) atoms. The highest BCUT2D eigenvalue weighted by molar-refractivity contribution is 5.57. The Morgan fingerprint density at radius 2 is 1.95 bits per heavy atom. The Morgan fingerprint density at radius 1 is 1.19 bits per heavy atom. The standard InChI is InChI=1S/C14H16F2N4O/c1-4-17-13-18-12(19-14(20-13)21-8(2)3)10-6-5-9(15)7-11(10)16/h5-8H,4H2,1-3H3,(H,17,18,19,20). The van der Waals surface area contributed by atoms with Crippen molar-refractivity contribution < 1.29 is 13.5 Å². The minimum atomic E-state index is -0.737. The van der Waals surface area contributed by atoms with Crippen molar-refractivity contribution in [3.63, 3.8) is 0 Å². The van der Waals surface area contributed by atoms with Crippen molar-refractivity contribution in [2.24, 2.45) is 0 Å². The molecule has 112 valence electrons. The first-order valence-electron chi connectivity index (χ1n) is 6.61. The predicted molar refractivity (Wildman–Crippen MR) is 75.1 cm³/mol. The molecule has 1 N–H and O–H groups in total. The van der Waals surface area contributed by atoms with Crippen molar-refractivity contribution in [3.8, 4) is 17.4 Å². The summed E-state index contributed by atoms with van der Waals surface area (Å²) in [5.41, 5.74) is 0.0894. The highest BCUT2D eigenvalue weighted by atomic mass is 19.1. The molecule has 0 atom stereocenters.